The van der Waals surface area contributed by atoms with Crippen LogP contribution in [0.15, 0.2) is 0 Å². The molecule has 1 atom stereocenters. The molecule has 1 rings (SSSR count). The van der Waals surface area contributed by atoms with Gasteiger partial charge in [0, 0.05) is 11.0 Å². The van der Waals surface area contributed by atoms with E-state index in [1.807, 2.05) is 0 Å². The van der Waals surface area contributed by atoms with E-state index in [0.717, 1.165) is 12.8 Å². The number of esters is 1. The standard InChI is InChI=1S/C9H18O2Si/c1-7(10)11-9(8-5-6-8)12(2,3)4/h8-9H,5-6H2,1-4H3/i1D3. The summed E-state index contributed by atoms with van der Waals surface area (Å²) in [5.41, 5.74) is -0.134. The minimum Gasteiger partial charge on any atom is -0.466 e. The molecule has 12 heavy (non-hydrogen) atoms. The fourth-order valence-corrected chi connectivity index (χ4v) is 3.70. The molecule has 1 fully saturated rings. The molecule has 1 aliphatic carbocycles. The van der Waals surface area contributed by atoms with Crippen molar-refractivity contribution in [2.45, 2.75) is 45.1 Å². The number of carbonyl (C=O) groups is 1. The van der Waals surface area contributed by atoms with Crippen molar-refractivity contribution in [3.05, 3.63) is 0 Å². The van der Waals surface area contributed by atoms with Crippen LogP contribution in [0.25, 0.3) is 0 Å². The van der Waals surface area contributed by atoms with Crippen LogP contribution in [0.4, 0.5) is 0 Å². The molecule has 0 aromatic rings. The first-order valence-corrected chi connectivity index (χ1v) is 7.91. The van der Waals surface area contributed by atoms with Crippen molar-refractivity contribution in [3.63, 3.8) is 0 Å². The number of hydrogen-bond acceptors (Lipinski definition) is 2. The maximum atomic E-state index is 11.3. The van der Waals surface area contributed by atoms with Gasteiger partial charge in [-0.1, -0.05) is 19.6 Å². The summed E-state index contributed by atoms with van der Waals surface area (Å²) >= 11 is 0. The predicted octanol–water partition coefficient (Wildman–Crippen LogP) is 2.21. The minimum atomic E-state index is -2.62. The smallest absolute Gasteiger partial charge is 0.302 e. The molecule has 0 aromatic carbocycles. The van der Waals surface area contributed by atoms with Gasteiger partial charge in [0.2, 0.25) is 0 Å². The lowest BCUT2D eigenvalue weighted by Crippen LogP contribution is -2.42. The van der Waals surface area contributed by atoms with Crippen LogP contribution in [0.3, 0.4) is 0 Å². The van der Waals surface area contributed by atoms with E-state index in [1.54, 1.807) is 0 Å². The normalized spacial score (nSPS) is 25.1. The Kier molecular flexibility index (Phi) is 1.65. The Balaban J connectivity index is 2.64. The molecule has 1 unspecified atom stereocenters. The molecule has 1 aliphatic rings. The van der Waals surface area contributed by atoms with Crippen molar-refractivity contribution in [3.8, 4) is 0 Å². The lowest BCUT2D eigenvalue weighted by Gasteiger charge is -2.28. The largest absolute Gasteiger partial charge is 0.466 e. The average Bonchev–Trinajstić information content (AvgIpc) is 2.77. The molecule has 0 aliphatic heterocycles. The molecule has 0 saturated heterocycles. The second kappa shape index (κ2) is 3.21. The highest BCUT2D eigenvalue weighted by Crippen LogP contribution is 2.38. The van der Waals surface area contributed by atoms with E-state index in [2.05, 4.69) is 19.6 Å². The Morgan fingerprint density at radius 1 is 1.58 bits per heavy atom. The van der Waals surface area contributed by atoms with Crippen LogP contribution in [-0.2, 0) is 9.53 Å². The third-order valence-electron chi connectivity index (χ3n) is 2.14. The summed E-state index contributed by atoms with van der Waals surface area (Å²) < 4.78 is 26.1. The lowest BCUT2D eigenvalue weighted by molar-refractivity contribution is -0.143. The van der Waals surface area contributed by atoms with Crippen molar-refractivity contribution >= 4 is 14.0 Å². The summed E-state index contributed by atoms with van der Waals surface area (Å²) in [5, 5.41) is 0. The van der Waals surface area contributed by atoms with E-state index < -0.39 is 20.9 Å². The maximum absolute atomic E-state index is 11.3. The third-order valence-corrected chi connectivity index (χ3v) is 4.43. The number of rotatable bonds is 3. The van der Waals surface area contributed by atoms with Crippen molar-refractivity contribution in [1.82, 2.24) is 0 Å². The molecule has 2 nitrogen and oxygen atoms in total. The Bertz CT molecular complexity index is 253. The van der Waals surface area contributed by atoms with E-state index >= 15 is 0 Å². The van der Waals surface area contributed by atoms with Gasteiger partial charge in [-0.15, -0.1) is 0 Å². The van der Waals surface area contributed by atoms with Gasteiger partial charge < -0.3 is 4.74 Å². The van der Waals surface area contributed by atoms with E-state index in [4.69, 9.17) is 8.85 Å². The highest BCUT2D eigenvalue weighted by molar-refractivity contribution is 6.77. The minimum absolute atomic E-state index is 0.134. The summed E-state index contributed by atoms with van der Waals surface area (Å²) in [6, 6.07) is 0. The lowest BCUT2D eigenvalue weighted by atomic mass is 10.4. The Hall–Kier alpha value is -0.313. The van der Waals surface area contributed by atoms with Crippen molar-refractivity contribution in [1.29, 1.82) is 0 Å². The first-order chi connectivity index (χ1) is 6.62. The summed E-state index contributed by atoms with van der Waals surface area (Å²) in [6.45, 7) is 3.68. The molecular weight excluding hydrogens is 168 g/mol. The SMILES string of the molecule is [2H]C([2H])([2H])C(=O)OC(C1CC1)[Si](C)(C)C. The van der Waals surface area contributed by atoms with Crippen LogP contribution in [0.2, 0.25) is 19.6 Å². The zero-order chi connectivity index (χ0) is 11.9. The number of ether oxygens (including phenoxy) is 1. The fraction of sp³-hybridized carbons (Fsp3) is 0.889. The number of carbonyl (C=O) groups excluding carboxylic acids is 1. The number of hydrogen-bond donors (Lipinski definition) is 0. The third kappa shape index (κ3) is 2.63. The van der Waals surface area contributed by atoms with E-state index in [0.29, 0.717) is 5.92 Å². The Morgan fingerprint density at radius 3 is 2.50 bits per heavy atom. The van der Waals surface area contributed by atoms with Gasteiger partial charge in [-0.2, -0.15) is 0 Å². The summed E-state index contributed by atoms with van der Waals surface area (Å²) in [6.07, 6.45) is 2.12. The van der Waals surface area contributed by atoms with E-state index in [-0.39, 0.29) is 5.73 Å². The van der Waals surface area contributed by atoms with Gasteiger partial charge in [0.1, 0.15) is 0 Å². The van der Waals surface area contributed by atoms with E-state index in [1.165, 1.54) is 0 Å². The summed E-state index contributed by atoms with van der Waals surface area (Å²) in [4.78, 5) is 11.3. The van der Waals surface area contributed by atoms with Gasteiger partial charge >= 0.3 is 5.97 Å². The zero-order valence-corrected chi connectivity index (χ0v) is 8.89. The molecule has 0 amide bonds. The Morgan fingerprint density at radius 2 is 2.17 bits per heavy atom. The molecule has 0 heterocycles. The first-order valence-electron chi connectivity index (χ1n) is 5.83. The molecule has 0 bridgehead atoms. The van der Waals surface area contributed by atoms with Gasteiger partial charge in [-0.3, -0.25) is 4.79 Å². The molecular formula is C9H18O2Si. The van der Waals surface area contributed by atoms with Crippen LogP contribution in [0.5, 0.6) is 0 Å². The monoisotopic (exact) mass is 189 g/mol. The van der Waals surface area contributed by atoms with Crippen LogP contribution in [0.1, 0.15) is 23.8 Å². The topological polar surface area (TPSA) is 26.3 Å². The second-order valence-electron chi connectivity index (χ2n) is 4.53. The van der Waals surface area contributed by atoms with Crippen molar-refractivity contribution in [2.24, 2.45) is 5.92 Å². The van der Waals surface area contributed by atoms with Crippen LogP contribution in [0, 0.1) is 5.92 Å². The molecule has 0 radical (unpaired) electrons. The fourth-order valence-electron chi connectivity index (χ4n) is 1.49. The van der Waals surface area contributed by atoms with Crippen molar-refractivity contribution < 1.29 is 13.6 Å². The maximum Gasteiger partial charge on any atom is 0.302 e. The van der Waals surface area contributed by atoms with Crippen LogP contribution in [-0.4, -0.2) is 19.8 Å². The van der Waals surface area contributed by atoms with Gasteiger partial charge in [-0.05, 0) is 18.8 Å². The van der Waals surface area contributed by atoms with Gasteiger partial charge in [0.15, 0.2) is 0 Å². The van der Waals surface area contributed by atoms with Crippen molar-refractivity contribution in [2.75, 3.05) is 0 Å². The van der Waals surface area contributed by atoms with Crippen LogP contribution >= 0.6 is 0 Å². The quantitative estimate of drug-likeness (QED) is 0.502. The second-order valence-corrected chi connectivity index (χ2v) is 9.83. The zero-order valence-electron chi connectivity index (χ0n) is 10.9. The molecule has 70 valence electrons. The molecule has 0 aromatic heterocycles. The predicted molar refractivity (Wildman–Crippen MR) is 51.6 cm³/mol. The molecule has 0 spiro atoms. The van der Waals surface area contributed by atoms with Gasteiger partial charge in [0.25, 0.3) is 0 Å². The van der Waals surface area contributed by atoms with Gasteiger partial charge in [0.05, 0.1) is 13.8 Å². The highest BCUT2D eigenvalue weighted by atomic mass is 28.3. The summed E-state index contributed by atoms with van der Waals surface area (Å²) in [7, 11) is -1.62. The molecule has 0 N–H and O–H groups in total. The van der Waals surface area contributed by atoms with E-state index in [9.17, 15) is 4.79 Å². The van der Waals surface area contributed by atoms with Crippen LogP contribution < -0.4 is 0 Å². The Labute approximate surface area is 79.5 Å². The average molecular weight is 189 g/mol. The molecule has 1 saturated carbocycles. The van der Waals surface area contributed by atoms with Gasteiger partial charge in [-0.25, -0.2) is 0 Å². The highest BCUT2D eigenvalue weighted by Gasteiger charge is 2.42. The first kappa shape index (κ1) is 6.19. The molecule has 3 heteroatoms. The summed E-state index contributed by atoms with van der Waals surface area (Å²) in [5.74, 6) is -0.634.